The Kier molecular flexibility index (Phi) is 7.02. The zero-order valence-corrected chi connectivity index (χ0v) is 24.5. The smallest absolute Gasteiger partial charge is 0.338 e. The number of nitrogens with zero attached hydrogens (tertiary/aromatic N) is 1. The molecule has 1 heterocycles. The topological polar surface area (TPSA) is 80.8 Å². The van der Waals surface area contributed by atoms with Crippen LogP contribution in [0.3, 0.4) is 0 Å². The molecule has 2 bridgehead atoms. The highest BCUT2D eigenvalue weighted by Crippen LogP contribution is 2.77. The van der Waals surface area contributed by atoms with E-state index in [1.165, 1.54) is 42.5 Å². The van der Waals surface area contributed by atoms with Gasteiger partial charge >= 0.3 is 5.97 Å². The van der Waals surface area contributed by atoms with Gasteiger partial charge in [0, 0.05) is 10.6 Å². The van der Waals surface area contributed by atoms with E-state index in [4.69, 9.17) is 97.5 Å². The molecular formula is C24H11Cl8NO5. The molecule has 0 unspecified atom stereocenters. The molecular weight excluding hydrogens is 666 g/mol. The Hall–Kier alpha value is -1.22. The molecule has 0 aromatic heterocycles. The number of anilines is 1. The molecule has 38 heavy (non-hydrogen) atoms. The van der Waals surface area contributed by atoms with E-state index in [0.717, 1.165) is 4.90 Å². The summed E-state index contributed by atoms with van der Waals surface area (Å²) in [5.74, 6) is -5.38. The number of carbonyl (C=O) groups is 4. The third kappa shape index (κ3) is 3.61. The fraction of sp³-hybridized carbons (Fsp3) is 0.250. The van der Waals surface area contributed by atoms with Crippen molar-refractivity contribution in [2.45, 2.75) is 14.1 Å². The fourth-order valence-electron chi connectivity index (χ4n) is 5.00. The average molecular weight is 677 g/mol. The normalized spacial score (nSPS) is 29.2. The maximum Gasteiger partial charge on any atom is 0.338 e. The Balaban J connectivity index is 1.34. The summed E-state index contributed by atoms with van der Waals surface area (Å²) in [6.07, 6.45) is 0. The zero-order chi connectivity index (χ0) is 27.9. The van der Waals surface area contributed by atoms with Crippen LogP contribution < -0.4 is 4.90 Å². The van der Waals surface area contributed by atoms with Crippen molar-refractivity contribution >= 4 is 122 Å². The highest BCUT2D eigenvalue weighted by atomic mass is 35.5. The summed E-state index contributed by atoms with van der Waals surface area (Å²) in [4.78, 5) is 48.7. The first-order valence-electron chi connectivity index (χ1n) is 10.6. The third-order valence-corrected chi connectivity index (χ3v) is 11.6. The first-order chi connectivity index (χ1) is 17.7. The lowest BCUT2D eigenvalue weighted by Crippen LogP contribution is -2.50. The van der Waals surface area contributed by atoms with Crippen LogP contribution in [-0.2, 0) is 14.3 Å². The molecule has 14 heteroatoms. The number of rotatable bonds is 5. The van der Waals surface area contributed by atoms with E-state index >= 15 is 0 Å². The largest absolute Gasteiger partial charge is 0.454 e. The lowest BCUT2D eigenvalue weighted by molar-refractivity contribution is -0.123. The number of amides is 2. The van der Waals surface area contributed by atoms with Gasteiger partial charge in [-0.2, -0.15) is 0 Å². The van der Waals surface area contributed by atoms with Crippen molar-refractivity contribution in [1.82, 2.24) is 0 Å². The summed E-state index contributed by atoms with van der Waals surface area (Å²) in [7, 11) is 0. The average Bonchev–Trinajstić information content (AvgIpc) is 3.25. The molecule has 2 aliphatic carbocycles. The molecule has 5 rings (SSSR count). The summed E-state index contributed by atoms with van der Waals surface area (Å²) in [6.45, 7) is -0.572. The molecule has 3 aliphatic rings. The van der Waals surface area contributed by atoms with E-state index in [1.807, 2.05) is 0 Å². The van der Waals surface area contributed by atoms with E-state index in [0.29, 0.717) is 5.02 Å². The van der Waals surface area contributed by atoms with E-state index < -0.39 is 56.1 Å². The van der Waals surface area contributed by atoms with E-state index in [1.54, 1.807) is 0 Å². The maximum atomic E-state index is 13.4. The van der Waals surface area contributed by atoms with Gasteiger partial charge in [-0.3, -0.25) is 14.4 Å². The number of esters is 1. The van der Waals surface area contributed by atoms with Gasteiger partial charge in [-0.25, -0.2) is 9.69 Å². The molecule has 4 atom stereocenters. The number of hydrogen-bond donors (Lipinski definition) is 0. The van der Waals surface area contributed by atoms with Gasteiger partial charge in [-0.15, -0.1) is 23.2 Å². The van der Waals surface area contributed by atoms with Crippen LogP contribution in [0.5, 0.6) is 0 Å². The second-order valence-electron chi connectivity index (χ2n) is 8.76. The van der Waals surface area contributed by atoms with Crippen molar-refractivity contribution in [3.8, 4) is 0 Å². The minimum atomic E-state index is -2.04. The predicted octanol–water partition coefficient (Wildman–Crippen LogP) is 6.98. The highest BCUT2D eigenvalue weighted by Gasteiger charge is 2.87. The van der Waals surface area contributed by atoms with Gasteiger partial charge in [0.25, 0.3) is 0 Å². The maximum absolute atomic E-state index is 13.4. The van der Waals surface area contributed by atoms with E-state index in [2.05, 4.69) is 0 Å². The quantitative estimate of drug-likeness (QED) is 0.148. The minimum absolute atomic E-state index is 0.0547. The number of hydrogen-bond acceptors (Lipinski definition) is 5. The van der Waals surface area contributed by atoms with Crippen molar-refractivity contribution in [2.75, 3.05) is 11.5 Å². The Bertz CT molecular complexity index is 1430. The van der Waals surface area contributed by atoms with Crippen LogP contribution in [0.4, 0.5) is 5.69 Å². The van der Waals surface area contributed by atoms with Crippen LogP contribution in [0.25, 0.3) is 0 Å². The van der Waals surface area contributed by atoms with E-state index in [-0.39, 0.29) is 31.9 Å². The van der Waals surface area contributed by atoms with Crippen LogP contribution in [-0.4, -0.2) is 44.3 Å². The van der Waals surface area contributed by atoms with Crippen LogP contribution in [0.2, 0.25) is 10.0 Å². The SMILES string of the molecule is O=C(OCC(=O)c1ccc(Cl)cc1Cl)c1ccc(N2C(=O)[C@@H]3[C@H](C2=O)[C@@]2(Cl)C(Cl)=C(Cl)[C@@]3(Cl)C2(Cl)Cl)cc1. The number of carbonyl (C=O) groups excluding carboxylic acids is 4. The van der Waals surface area contributed by atoms with Crippen molar-refractivity contribution in [3.05, 3.63) is 73.7 Å². The van der Waals surface area contributed by atoms with Gasteiger partial charge in [0.2, 0.25) is 17.6 Å². The number of fused-ring (bicyclic) bond motifs is 5. The first-order valence-corrected chi connectivity index (χ1v) is 13.7. The fourth-order valence-corrected chi connectivity index (χ4v) is 8.45. The molecule has 0 spiro atoms. The van der Waals surface area contributed by atoms with Crippen molar-refractivity contribution in [1.29, 1.82) is 0 Å². The second kappa shape index (κ2) is 9.42. The lowest BCUT2D eigenvalue weighted by atomic mass is 9.84. The van der Waals surface area contributed by atoms with Crippen LogP contribution in [0.1, 0.15) is 20.7 Å². The van der Waals surface area contributed by atoms with Crippen molar-refractivity contribution in [2.24, 2.45) is 11.8 Å². The summed E-state index contributed by atoms with van der Waals surface area (Å²) in [6, 6.07) is 9.64. The van der Waals surface area contributed by atoms with Gasteiger partial charge in [0.15, 0.2) is 10.9 Å². The Morgan fingerprint density at radius 3 is 1.84 bits per heavy atom. The molecule has 2 aromatic rings. The molecule has 2 amide bonds. The molecule has 1 saturated carbocycles. The molecule has 198 valence electrons. The molecule has 1 aliphatic heterocycles. The Morgan fingerprint density at radius 1 is 0.816 bits per heavy atom. The minimum Gasteiger partial charge on any atom is -0.454 e. The molecule has 6 nitrogen and oxygen atoms in total. The van der Waals surface area contributed by atoms with Gasteiger partial charge in [0.05, 0.1) is 38.2 Å². The van der Waals surface area contributed by atoms with Crippen molar-refractivity contribution < 1.29 is 23.9 Å². The number of ketones is 1. The number of halogens is 8. The van der Waals surface area contributed by atoms with Gasteiger partial charge in [-0.05, 0) is 42.5 Å². The number of allylic oxidation sites excluding steroid dienone is 2. The summed E-state index contributed by atoms with van der Waals surface area (Å²) in [5.41, 5.74) is 0.322. The predicted molar refractivity (Wildman–Crippen MR) is 147 cm³/mol. The first kappa shape index (κ1) is 28.3. The molecule has 0 N–H and O–H groups in total. The molecule has 0 radical (unpaired) electrons. The monoisotopic (exact) mass is 673 g/mol. The third-order valence-electron chi connectivity index (χ3n) is 6.84. The summed E-state index contributed by atoms with van der Waals surface area (Å²) < 4.78 is 3.04. The van der Waals surface area contributed by atoms with Crippen LogP contribution in [0.15, 0.2) is 52.5 Å². The Morgan fingerprint density at radius 2 is 1.34 bits per heavy atom. The summed E-state index contributed by atoms with van der Waals surface area (Å²) in [5, 5.41) is 0.0801. The standard InChI is InChI=1S/C24H11Cl8NO5/c25-10-3-6-12(13(26)7-10)14(34)8-38-21(37)9-1-4-11(5-2-9)33-19(35)15-16(20(33)36)23(30)18(28)17(27)22(15,29)24(23,31)32/h1-7,15-16H,8H2/t15-,16+,22-,23-/m1/s1. The lowest BCUT2D eigenvalue weighted by Gasteiger charge is -2.34. The number of alkyl halides is 4. The number of imide groups is 1. The zero-order valence-electron chi connectivity index (χ0n) is 18.4. The Labute approximate surface area is 255 Å². The van der Waals surface area contributed by atoms with Gasteiger partial charge < -0.3 is 4.74 Å². The highest BCUT2D eigenvalue weighted by molar-refractivity contribution is 6.67. The van der Waals surface area contributed by atoms with E-state index in [9.17, 15) is 19.2 Å². The van der Waals surface area contributed by atoms with Crippen LogP contribution >= 0.6 is 92.8 Å². The van der Waals surface area contributed by atoms with Crippen LogP contribution in [0, 0.1) is 11.8 Å². The second-order valence-corrected chi connectivity index (χ2v) is 12.9. The van der Waals surface area contributed by atoms with Gasteiger partial charge in [0.1, 0.15) is 9.75 Å². The molecule has 2 aromatic carbocycles. The number of benzene rings is 2. The van der Waals surface area contributed by atoms with Crippen molar-refractivity contribution in [3.63, 3.8) is 0 Å². The summed E-state index contributed by atoms with van der Waals surface area (Å²) >= 11 is 50.8. The molecule has 2 fully saturated rings. The number of ether oxygens (including phenoxy) is 1. The van der Waals surface area contributed by atoms with Gasteiger partial charge in [-0.1, -0.05) is 69.6 Å². The number of Topliss-reactive ketones (excluding diaryl/α,β-unsaturated/α-hetero) is 1. The molecule has 1 saturated heterocycles.